The van der Waals surface area contributed by atoms with Gasteiger partial charge in [-0.25, -0.2) is 4.79 Å². The second-order valence-corrected chi connectivity index (χ2v) is 3.64. The van der Waals surface area contributed by atoms with Gasteiger partial charge in [0.05, 0.1) is 13.2 Å². The number of rotatable bonds is 6. The molecule has 0 aliphatic carbocycles. The molecule has 0 saturated heterocycles. The lowest BCUT2D eigenvalue weighted by molar-refractivity contribution is -0.137. The number of carbonyl (C=O) groups is 2. The molecule has 0 heterocycles. The van der Waals surface area contributed by atoms with Gasteiger partial charge in [0.1, 0.15) is 0 Å². The number of hydrogen-bond donors (Lipinski definition) is 0. The standard InChI is InChI=1S/C11H20N2O3/c1-5-16-11(15)7-6-8-13(4)9-10(14)12(2)3/h6-7H,5,8-9H2,1-4H3/b7-6+. The Hall–Kier alpha value is -1.36. The molecule has 5 heteroatoms. The molecule has 0 rings (SSSR count). The predicted octanol–water partition coefficient (Wildman–Crippen LogP) is 0.126. The molecule has 16 heavy (non-hydrogen) atoms. The molecular formula is C11H20N2O3. The minimum absolute atomic E-state index is 0.0343. The van der Waals surface area contributed by atoms with Crippen molar-refractivity contribution in [1.82, 2.24) is 9.80 Å². The molecule has 92 valence electrons. The zero-order valence-electron chi connectivity index (χ0n) is 10.4. The average Bonchev–Trinajstić information content (AvgIpc) is 2.17. The van der Waals surface area contributed by atoms with Crippen LogP contribution in [-0.2, 0) is 14.3 Å². The smallest absolute Gasteiger partial charge is 0.330 e. The zero-order valence-corrected chi connectivity index (χ0v) is 10.4. The maximum Gasteiger partial charge on any atom is 0.330 e. The maximum atomic E-state index is 11.3. The summed E-state index contributed by atoms with van der Waals surface area (Å²) >= 11 is 0. The molecule has 1 amide bonds. The van der Waals surface area contributed by atoms with Crippen LogP contribution in [-0.4, -0.2) is 62.5 Å². The topological polar surface area (TPSA) is 49.9 Å². The van der Waals surface area contributed by atoms with Crippen LogP contribution in [0.3, 0.4) is 0 Å². The average molecular weight is 228 g/mol. The molecule has 0 N–H and O–H groups in total. The third-order valence-electron chi connectivity index (χ3n) is 1.86. The first-order valence-electron chi connectivity index (χ1n) is 5.19. The van der Waals surface area contributed by atoms with Crippen LogP contribution in [0.5, 0.6) is 0 Å². The summed E-state index contributed by atoms with van der Waals surface area (Å²) in [6.07, 6.45) is 3.06. The highest BCUT2D eigenvalue weighted by Crippen LogP contribution is 1.88. The zero-order chi connectivity index (χ0) is 12.6. The maximum absolute atomic E-state index is 11.3. The van der Waals surface area contributed by atoms with Crippen molar-refractivity contribution in [3.05, 3.63) is 12.2 Å². The fourth-order valence-corrected chi connectivity index (χ4v) is 0.956. The van der Waals surface area contributed by atoms with Crippen molar-refractivity contribution in [3.63, 3.8) is 0 Å². The third kappa shape index (κ3) is 7.00. The van der Waals surface area contributed by atoms with Gasteiger partial charge in [-0.05, 0) is 14.0 Å². The Labute approximate surface area is 96.7 Å². The van der Waals surface area contributed by atoms with Crippen LogP contribution in [0.25, 0.3) is 0 Å². The lowest BCUT2D eigenvalue weighted by Gasteiger charge is -2.16. The van der Waals surface area contributed by atoms with Crippen molar-refractivity contribution >= 4 is 11.9 Å². The van der Waals surface area contributed by atoms with Crippen LogP contribution in [0, 0.1) is 0 Å². The van der Waals surface area contributed by atoms with Crippen LogP contribution in [0.4, 0.5) is 0 Å². The molecular weight excluding hydrogens is 208 g/mol. The lowest BCUT2D eigenvalue weighted by atomic mass is 10.4. The van der Waals surface area contributed by atoms with E-state index < -0.39 is 0 Å². The Bertz CT molecular complexity index is 262. The highest BCUT2D eigenvalue weighted by molar-refractivity contribution is 5.82. The van der Waals surface area contributed by atoms with E-state index in [1.807, 2.05) is 11.9 Å². The summed E-state index contributed by atoms with van der Waals surface area (Å²) in [7, 11) is 5.24. The van der Waals surface area contributed by atoms with Gasteiger partial charge in [0.25, 0.3) is 0 Å². The molecule has 0 spiro atoms. The first-order chi connectivity index (χ1) is 7.47. The molecule has 0 aliphatic rings. The van der Waals surface area contributed by atoms with Crippen LogP contribution in [0.15, 0.2) is 12.2 Å². The molecule has 0 radical (unpaired) electrons. The van der Waals surface area contributed by atoms with Gasteiger partial charge in [-0.15, -0.1) is 0 Å². The van der Waals surface area contributed by atoms with Gasteiger partial charge in [0, 0.05) is 26.7 Å². The summed E-state index contributed by atoms with van der Waals surface area (Å²) in [5, 5.41) is 0. The largest absolute Gasteiger partial charge is 0.463 e. The van der Waals surface area contributed by atoms with Crippen molar-refractivity contribution in [2.24, 2.45) is 0 Å². The summed E-state index contributed by atoms with van der Waals surface area (Å²) in [6.45, 7) is 3.00. The van der Waals surface area contributed by atoms with E-state index in [1.54, 1.807) is 27.1 Å². The molecule has 0 aromatic carbocycles. The third-order valence-corrected chi connectivity index (χ3v) is 1.86. The molecule has 0 saturated carbocycles. The van der Waals surface area contributed by atoms with Gasteiger partial charge in [0.15, 0.2) is 0 Å². The Morgan fingerprint density at radius 3 is 2.38 bits per heavy atom. The molecule has 0 aliphatic heterocycles. The molecule has 0 unspecified atom stereocenters. The summed E-state index contributed by atoms with van der Waals surface area (Å²) in [5.41, 5.74) is 0. The minimum atomic E-state index is -0.352. The summed E-state index contributed by atoms with van der Waals surface area (Å²) in [5.74, 6) is -0.318. The Morgan fingerprint density at radius 2 is 1.88 bits per heavy atom. The molecule has 0 atom stereocenters. The van der Waals surface area contributed by atoms with Gasteiger partial charge in [-0.3, -0.25) is 9.69 Å². The SMILES string of the molecule is CCOC(=O)/C=C/CN(C)CC(=O)N(C)C. The van der Waals surface area contributed by atoms with E-state index in [1.165, 1.54) is 11.0 Å². The first-order valence-corrected chi connectivity index (χ1v) is 5.19. The van der Waals surface area contributed by atoms with Crippen molar-refractivity contribution < 1.29 is 14.3 Å². The number of amides is 1. The van der Waals surface area contributed by atoms with Crippen LogP contribution in [0.2, 0.25) is 0 Å². The summed E-state index contributed by atoms with van der Waals surface area (Å²) in [6, 6.07) is 0. The van der Waals surface area contributed by atoms with Gasteiger partial charge < -0.3 is 9.64 Å². The predicted molar refractivity (Wildman–Crippen MR) is 62.0 cm³/mol. The number of nitrogens with zero attached hydrogens (tertiary/aromatic N) is 2. The quantitative estimate of drug-likeness (QED) is 0.479. The molecule has 0 bridgehead atoms. The number of hydrogen-bond acceptors (Lipinski definition) is 4. The van der Waals surface area contributed by atoms with E-state index in [0.717, 1.165) is 0 Å². The normalized spacial score (nSPS) is 10.8. The van der Waals surface area contributed by atoms with Crippen molar-refractivity contribution in [2.45, 2.75) is 6.92 Å². The fraction of sp³-hybridized carbons (Fsp3) is 0.636. The van der Waals surface area contributed by atoms with E-state index in [0.29, 0.717) is 19.7 Å². The van der Waals surface area contributed by atoms with Gasteiger partial charge in [-0.1, -0.05) is 6.08 Å². The molecule has 0 aromatic rings. The van der Waals surface area contributed by atoms with Crippen molar-refractivity contribution in [2.75, 3.05) is 40.8 Å². The van der Waals surface area contributed by atoms with Crippen molar-refractivity contribution in [3.8, 4) is 0 Å². The second-order valence-electron chi connectivity index (χ2n) is 3.64. The van der Waals surface area contributed by atoms with Crippen LogP contribution >= 0.6 is 0 Å². The number of ether oxygens (including phenoxy) is 1. The van der Waals surface area contributed by atoms with E-state index in [9.17, 15) is 9.59 Å². The highest BCUT2D eigenvalue weighted by Gasteiger charge is 2.06. The van der Waals surface area contributed by atoms with Gasteiger partial charge in [0.2, 0.25) is 5.91 Å². The molecule has 5 nitrogen and oxygen atoms in total. The molecule has 0 fully saturated rings. The Kier molecular flexibility index (Phi) is 7.20. The van der Waals surface area contributed by atoms with E-state index in [2.05, 4.69) is 0 Å². The Balaban J connectivity index is 3.85. The second kappa shape index (κ2) is 7.87. The van der Waals surface area contributed by atoms with E-state index in [-0.39, 0.29) is 11.9 Å². The molecule has 0 aromatic heterocycles. The van der Waals surface area contributed by atoms with E-state index in [4.69, 9.17) is 4.74 Å². The minimum Gasteiger partial charge on any atom is -0.463 e. The number of likely N-dealkylation sites (N-methyl/N-ethyl adjacent to an activating group) is 2. The summed E-state index contributed by atoms with van der Waals surface area (Å²) < 4.78 is 4.72. The van der Waals surface area contributed by atoms with Gasteiger partial charge >= 0.3 is 5.97 Å². The van der Waals surface area contributed by atoms with Gasteiger partial charge in [-0.2, -0.15) is 0 Å². The van der Waals surface area contributed by atoms with Crippen LogP contribution < -0.4 is 0 Å². The van der Waals surface area contributed by atoms with E-state index >= 15 is 0 Å². The summed E-state index contributed by atoms with van der Waals surface area (Å²) in [4.78, 5) is 25.6. The lowest BCUT2D eigenvalue weighted by Crippen LogP contribution is -2.34. The first kappa shape index (κ1) is 14.6. The Morgan fingerprint density at radius 1 is 1.25 bits per heavy atom. The monoisotopic (exact) mass is 228 g/mol. The van der Waals surface area contributed by atoms with Crippen molar-refractivity contribution in [1.29, 1.82) is 0 Å². The highest BCUT2D eigenvalue weighted by atomic mass is 16.5. The number of carbonyl (C=O) groups excluding carboxylic acids is 2. The fourth-order valence-electron chi connectivity index (χ4n) is 0.956. The number of esters is 1. The van der Waals surface area contributed by atoms with Crippen LogP contribution in [0.1, 0.15) is 6.92 Å².